The molecule has 1 aliphatic rings. The van der Waals surface area contributed by atoms with Crippen LogP contribution in [-0.2, 0) is 4.74 Å². The molecule has 2 aromatic heterocycles. The highest BCUT2D eigenvalue weighted by Crippen LogP contribution is 2.30. The molecule has 0 bridgehead atoms. The normalized spacial score (nSPS) is 15.2. The predicted octanol–water partition coefficient (Wildman–Crippen LogP) is 1.92. The summed E-state index contributed by atoms with van der Waals surface area (Å²) in [6.45, 7) is 3.05. The van der Waals surface area contributed by atoms with Crippen LogP contribution in [0.1, 0.15) is 0 Å². The first-order chi connectivity index (χ1) is 10.9. The summed E-state index contributed by atoms with van der Waals surface area (Å²) in [5.74, 6) is 0.855. The number of fused-ring (bicyclic) bond motifs is 1. The smallest absolute Gasteiger partial charge is 0.161 e. The fourth-order valence-electron chi connectivity index (χ4n) is 2.71. The molecule has 3 aromatic rings. The van der Waals surface area contributed by atoms with E-state index in [1.807, 2.05) is 30.3 Å². The van der Waals surface area contributed by atoms with Crippen molar-refractivity contribution in [2.45, 2.75) is 0 Å². The number of rotatable bonds is 2. The molecule has 22 heavy (non-hydrogen) atoms. The molecule has 0 atom stereocenters. The molecular weight excluding hydrogens is 278 g/mol. The van der Waals surface area contributed by atoms with Gasteiger partial charge < -0.3 is 9.64 Å². The maximum Gasteiger partial charge on any atom is 0.161 e. The number of hydrogen-bond acceptors (Lipinski definition) is 6. The van der Waals surface area contributed by atoms with Gasteiger partial charge in [0.15, 0.2) is 5.82 Å². The molecule has 0 aliphatic carbocycles. The van der Waals surface area contributed by atoms with Gasteiger partial charge in [0.05, 0.1) is 31.0 Å². The van der Waals surface area contributed by atoms with Gasteiger partial charge in [-0.05, 0) is 0 Å². The Morgan fingerprint density at radius 1 is 0.864 bits per heavy atom. The van der Waals surface area contributed by atoms with Crippen LogP contribution in [0.2, 0.25) is 0 Å². The van der Waals surface area contributed by atoms with Crippen LogP contribution in [-0.4, -0.2) is 46.7 Å². The van der Waals surface area contributed by atoms with E-state index in [2.05, 4.69) is 25.3 Å². The average molecular weight is 293 g/mol. The molecule has 0 radical (unpaired) electrons. The molecule has 6 nitrogen and oxygen atoms in total. The van der Waals surface area contributed by atoms with Crippen LogP contribution >= 0.6 is 0 Å². The second kappa shape index (κ2) is 5.65. The number of benzene rings is 1. The predicted molar refractivity (Wildman–Crippen MR) is 83.6 cm³/mol. The summed E-state index contributed by atoms with van der Waals surface area (Å²) in [7, 11) is 0. The Kier molecular flexibility index (Phi) is 3.36. The van der Waals surface area contributed by atoms with Gasteiger partial charge in [-0.15, -0.1) is 10.2 Å². The van der Waals surface area contributed by atoms with Crippen molar-refractivity contribution in [3.05, 3.63) is 42.7 Å². The van der Waals surface area contributed by atoms with E-state index in [9.17, 15) is 0 Å². The molecule has 1 aliphatic heterocycles. The van der Waals surface area contributed by atoms with Gasteiger partial charge in [-0.3, -0.25) is 0 Å². The summed E-state index contributed by atoms with van der Waals surface area (Å²) in [5.41, 5.74) is 1.86. The van der Waals surface area contributed by atoms with Crippen LogP contribution in [0.3, 0.4) is 0 Å². The van der Waals surface area contributed by atoms with Crippen LogP contribution in [0.15, 0.2) is 42.7 Å². The Balaban J connectivity index is 1.88. The van der Waals surface area contributed by atoms with Crippen LogP contribution in [0.4, 0.5) is 5.82 Å². The van der Waals surface area contributed by atoms with E-state index >= 15 is 0 Å². The topological polar surface area (TPSA) is 64.0 Å². The molecule has 110 valence electrons. The quantitative estimate of drug-likeness (QED) is 0.719. The van der Waals surface area contributed by atoms with Crippen molar-refractivity contribution < 1.29 is 4.74 Å². The van der Waals surface area contributed by atoms with Crippen molar-refractivity contribution >= 4 is 16.6 Å². The highest BCUT2D eigenvalue weighted by Gasteiger charge is 2.18. The van der Waals surface area contributed by atoms with Gasteiger partial charge >= 0.3 is 0 Å². The lowest BCUT2D eigenvalue weighted by atomic mass is 10.1. The fraction of sp³-hybridized carbons (Fsp3) is 0.250. The van der Waals surface area contributed by atoms with Gasteiger partial charge in [-0.1, -0.05) is 30.3 Å². The van der Waals surface area contributed by atoms with Crippen molar-refractivity contribution in [1.29, 1.82) is 0 Å². The number of aromatic nitrogens is 4. The number of nitrogens with zero attached hydrogens (tertiary/aromatic N) is 5. The molecule has 3 heterocycles. The monoisotopic (exact) mass is 293 g/mol. The summed E-state index contributed by atoms with van der Waals surface area (Å²) in [6, 6.07) is 10.0. The second-order valence-electron chi connectivity index (χ2n) is 5.15. The third-order valence-corrected chi connectivity index (χ3v) is 3.83. The van der Waals surface area contributed by atoms with Crippen molar-refractivity contribution in [1.82, 2.24) is 20.4 Å². The minimum absolute atomic E-state index is 0.710. The largest absolute Gasteiger partial charge is 0.378 e. The van der Waals surface area contributed by atoms with Gasteiger partial charge in [0.2, 0.25) is 0 Å². The zero-order chi connectivity index (χ0) is 14.8. The lowest BCUT2D eigenvalue weighted by Crippen LogP contribution is -2.37. The summed E-state index contributed by atoms with van der Waals surface area (Å²) in [4.78, 5) is 2.19. The third kappa shape index (κ3) is 2.27. The van der Waals surface area contributed by atoms with Crippen molar-refractivity contribution in [3.63, 3.8) is 0 Å². The van der Waals surface area contributed by atoms with Crippen molar-refractivity contribution in [3.8, 4) is 11.3 Å². The molecule has 4 rings (SSSR count). The molecule has 0 unspecified atom stereocenters. The van der Waals surface area contributed by atoms with Crippen LogP contribution in [0.25, 0.3) is 22.0 Å². The summed E-state index contributed by atoms with van der Waals surface area (Å²) in [6.07, 6.45) is 3.53. The molecular formula is C16H15N5O. The lowest BCUT2D eigenvalue weighted by molar-refractivity contribution is 0.122. The number of anilines is 1. The van der Waals surface area contributed by atoms with Gasteiger partial charge in [0.25, 0.3) is 0 Å². The van der Waals surface area contributed by atoms with Crippen LogP contribution in [0.5, 0.6) is 0 Å². The summed E-state index contributed by atoms with van der Waals surface area (Å²) < 4.78 is 5.41. The Morgan fingerprint density at radius 3 is 2.36 bits per heavy atom. The van der Waals surface area contributed by atoms with Crippen molar-refractivity contribution in [2.75, 3.05) is 31.2 Å². The molecule has 1 aromatic carbocycles. The zero-order valence-electron chi connectivity index (χ0n) is 12.0. The first-order valence-corrected chi connectivity index (χ1v) is 7.29. The molecule has 0 spiro atoms. The second-order valence-corrected chi connectivity index (χ2v) is 5.15. The Bertz CT molecular complexity index is 787. The standard InChI is InChI=1S/C16H15N5O/c1-2-4-12(5-3-1)15-13-10-17-18-11-14(13)16(20-19-15)21-6-8-22-9-7-21/h1-5,10-11H,6-9H2. The Labute approximate surface area is 127 Å². The van der Waals surface area contributed by atoms with E-state index in [1.54, 1.807) is 12.4 Å². The highest BCUT2D eigenvalue weighted by molar-refractivity contribution is 5.99. The molecule has 1 saturated heterocycles. The minimum atomic E-state index is 0.710. The molecule has 6 heteroatoms. The molecule has 0 saturated carbocycles. The maximum atomic E-state index is 5.41. The van der Waals surface area contributed by atoms with E-state index in [4.69, 9.17) is 4.74 Å². The van der Waals surface area contributed by atoms with E-state index in [0.29, 0.717) is 13.2 Å². The third-order valence-electron chi connectivity index (χ3n) is 3.83. The average Bonchev–Trinajstić information content (AvgIpc) is 2.62. The van der Waals surface area contributed by atoms with E-state index in [1.165, 1.54) is 0 Å². The SMILES string of the molecule is c1ccc(-c2nnc(N3CCOCC3)c3cnncc23)cc1. The van der Waals surface area contributed by atoms with Gasteiger partial charge in [-0.25, -0.2) is 0 Å². The van der Waals surface area contributed by atoms with E-state index in [0.717, 1.165) is 40.9 Å². The van der Waals surface area contributed by atoms with Crippen LogP contribution < -0.4 is 4.90 Å². The number of hydrogen-bond donors (Lipinski definition) is 0. The number of ether oxygens (including phenoxy) is 1. The van der Waals surface area contributed by atoms with Gasteiger partial charge in [-0.2, -0.15) is 10.2 Å². The first-order valence-electron chi connectivity index (χ1n) is 7.29. The minimum Gasteiger partial charge on any atom is -0.378 e. The van der Waals surface area contributed by atoms with Gasteiger partial charge in [0, 0.05) is 24.0 Å². The van der Waals surface area contributed by atoms with E-state index < -0.39 is 0 Å². The van der Waals surface area contributed by atoms with E-state index in [-0.39, 0.29) is 0 Å². The maximum absolute atomic E-state index is 5.41. The summed E-state index contributed by atoms with van der Waals surface area (Å²) in [5, 5.41) is 18.9. The molecule has 0 N–H and O–H groups in total. The Morgan fingerprint density at radius 2 is 1.59 bits per heavy atom. The molecule has 0 amide bonds. The lowest BCUT2D eigenvalue weighted by Gasteiger charge is -2.28. The highest BCUT2D eigenvalue weighted by atomic mass is 16.5. The molecule has 1 fully saturated rings. The fourth-order valence-corrected chi connectivity index (χ4v) is 2.71. The van der Waals surface area contributed by atoms with Gasteiger partial charge in [0.1, 0.15) is 5.69 Å². The van der Waals surface area contributed by atoms with Crippen LogP contribution in [0, 0.1) is 0 Å². The van der Waals surface area contributed by atoms with Crippen molar-refractivity contribution in [2.24, 2.45) is 0 Å². The summed E-state index contributed by atoms with van der Waals surface area (Å²) >= 11 is 0. The Hall–Kier alpha value is -2.60. The number of morpholine rings is 1. The first kappa shape index (κ1) is 13.1. The zero-order valence-corrected chi connectivity index (χ0v) is 12.0.